The minimum Gasteiger partial charge on any atom is -0.496 e. The summed E-state index contributed by atoms with van der Waals surface area (Å²) in [5.74, 6) is 0.372. The van der Waals surface area contributed by atoms with E-state index in [1.54, 1.807) is 25.1 Å². The molecule has 1 amide bonds. The lowest BCUT2D eigenvalue weighted by Gasteiger charge is -2.13. The molecule has 0 aliphatic heterocycles. The van der Waals surface area contributed by atoms with Crippen molar-refractivity contribution in [1.82, 2.24) is 9.88 Å². The number of methoxy groups -OCH3 is 2. The van der Waals surface area contributed by atoms with Gasteiger partial charge in [0.25, 0.3) is 0 Å². The van der Waals surface area contributed by atoms with Crippen LogP contribution in [0.1, 0.15) is 11.1 Å². The molecular weight excluding hydrogens is 415 g/mol. The Hall–Kier alpha value is -3.81. The van der Waals surface area contributed by atoms with Crippen LogP contribution in [-0.2, 0) is 17.8 Å². The Labute approximate surface area is 183 Å². The van der Waals surface area contributed by atoms with Crippen LogP contribution in [0.3, 0.4) is 0 Å². The molecule has 0 saturated heterocycles. The number of fused-ring (bicyclic) bond motifs is 2. The fourth-order valence-corrected chi connectivity index (χ4v) is 3.86. The van der Waals surface area contributed by atoms with E-state index >= 15 is 0 Å². The van der Waals surface area contributed by atoms with E-state index in [0.717, 1.165) is 10.9 Å². The van der Waals surface area contributed by atoms with Gasteiger partial charge in [-0.15, -0.1) is 0 Å². The molecular formula is C24H23FN2O5. The minimum absolute atomic E-state index is 0.125. The molecule has 2 heterocycles. The smallest absolute Gasteiger partial charge is 0.340 e. The lowest BCUT2D eigenvalue weighted by atomic mass is 10.0. The van der Waals surface area contributed by atoms with Gasteiger partial charge in [-0.2, -0.15) is 0 Å². The number of nitrogens with zero attached hydrogens (tertiary/aromatic N) is 1. The quantitative estimate of drug-likeness (QED) is 0.446. The number of benzene rings is 2. The van der Waals surface area contributed by atoms with Crippen LogP contribution in [0.5, 0.6) is 11.5 Å². The van der Waals surface area contributed by atoms with Gasteiger partial charge < -0.3 is 23.8 Å². The van der Waals surface area contributed by atoms with Crippen molar-refractivity contribution in [3.63, 3.8) is 0 Å². The topological polar surface area (TPSA) is 82.7 Å². The van der Waals surface area contributed by atoms with Crippen molar-refractivity contribution in [2.45, 2.75) is 19.9 Å². The van der Waals surface area contributed by atoms with Gasteiger partial charge in [0.05, 0.1) is 37.1 Å². The molecule has 1 N–H and O–H groups in total. The monoisotopic (exact) mass is 438 g/mol. The molecule has 0 aliphatic rings. The summed E-state index contributed by atoms with van der Waals surface area (Å²) < 4.78 is 31.5. The first-order chi connectivity index (χ1) is 15.4. The number of nitrogens with one attached hydrogen (secondary N) is 1. The van der Waals surface area contributed by atoms with E-state index in [2.05, 4.69) is 5.32 Å². The van der Waals surface area contributed by atoms with Crippen molar-refractivity contribution in [3.05, 3.63) is 70.0 Å². The highest BCUT2D eigenvalue weighted by Crippen LogP contribution is 2.33. The molecule has 4 rings (SSSR count). The van der Waals surface area contributed by atoms with E-state index in [1.807, 2.05) is 16.8 Å². The summed E-state index contributed by atoms with van der Waals surface area (Å²) in [6.07, 6.45) is 1.72. The van der Waals surface area contributed by atoms with Crippen LogP contribution in [0.25, 0.3) is 21.9 Å². The Morgan fingerprint density at radius 2 is 1.97 bits per heavy atom. The fourth-order valence-electron chi connectivity index (χ4n) is 3.86. The van der Waals surface area contributed by atoms with Crippen LogP contribution in [-0.4, -0.2) is 31.2 Å². The average Bonchev–Trinajstić information content (AvgIpc) is 3.17. The highest BCUT2D eigenvalue weighted by Gasteiger charge is 2.18. The number of carbonyl (C=O) groups is 1. The van der Waals surface area contributed by atoms with Crippen molar-refractivity contribution >= 4 is 27.8 Å². The van der Waals surface area contributed by atoms with Crippen LogP contribution in [0, 0.1) is 12.7 Å². The number of hydrogen-bond acceptors (Lipinski definition) is 5. The Morgan fingerprint density at radius 1 is 1.16 bits per heavy atom. The lowest BCUT2D eigenvalue weighted by Crippen LogP contribution is -2.30. The third-order valence-corrected chi connectivity index (χ3v) is 5.52. The summed E-state index contributed by atoms with van der Waals surface area (Å²) in [6, 6.07) is 9.79. The second-order valence-corrected chi connectivity index (χ2v) is 7.43. The first kappa shape index (κ1) is 21.4. The molecule has 0 aliphatic carbocycles. The molecule has 7 nitrogen and oxygen atoms in total. The third-order valence-electron chi connectivity index (χ3n) is 5.52. The Balaban J connectivity index is 1.50. The van der Waals surface area contributed by atoms with Crippen LogP contribution in [0.15, 0.2) is 51.8 Å². The van der Waals surface area contributed by atoms with Gasteiger partial charge in [-0.25, -0.2) is 9.18 Å². The van der Waals surface area contributed by atoms with Crippen molar-refractivity contribution < 1.29 is 23.1 Å². The SMILES string of the molecule is COc1cc(OC)c2c(C)c(CC(=O)NCCn3ccc4ccc(F)cc43)c(=O)oc2c1. The first-order valence-electron chi connectivity index (χ1n) is 10.1. The standard InChI is InChI=1S/C24H23FN2O5/c1-14-18(24(29)32-21-12-17(30-2)11-20(31-3)23(14)21)13-22(28)26-7-9-27-8-6-15-4-5-16(25)10-19(15)27/h4-6,8,10-12H,7,9,13H2,1-3H3,(H,26,28). The van der Waals surface area contributed by atoms with Crippen molar-refractivity contribution in [1.29, 1.82) is 0 Å². The van der Waals surface area contributed by atoms with Gasteiger partial charge >= 0.3 is 5.63 Å². The molecule has 2 aromatic carbocycles. The maximum absolute atomic E-state index is 13.5. The number of hydrogen-bond donors (Lipinski definition) is 1. The summed E-state index contributed by atoms with van der Waals surface area (Å²) in [6.45, 7) is 2.56. The molecule has 0 saturated carbocycles. The maximum atomic E-state index is 13.5. The number of ether oxygens (including phenoxy) is 2. The fraction of sp³-hybridized carbons (Fsp3) is 0.250. The van der Waals surface area contributed by atoms with Gasteiger partial charge in [0.2, 0.25) is 5.91 Å². The second-order valence-electron chi connectivity index (χ2n) is 7.43. The first-order valence-corrected chi connectivity index (χ1v) is 10.1. The average molecular weight is 438 g/mol. The van der Waals surface area contributed by atoms with E-state index < -0.39 is 5.63 Å². The zero-order valence-corrected chi connectivity index (χ0v) is 18.0. The Morgan fingerprint density at radius 3 is 2.72 bits per heavy atom. The molecule has 166 valence electrons. The van der Waals surface area contributed by atoms with Crippen LogP contribution in [0.4, 0.5) is 4.39 Å². The normalized spacial score (nSPS) is 11.1. The highest BCUT2D eigenvalue weighted by atomic mass is 19.1. The number of aryl methyl sites for hydroxylation is 1. The van der Waals surface area contributed by atoms with Gasteiger partial charge in [0.15, 0.2) is 0 Å². The summed E-state index contributed by atoms with van der Waals surface area (Å²) in [5.41, 5.74) is 1.41. The number of rotatable bonds is 7. The van der Waals surface area contributed by atoms with Crippen LogP contribution < -0.4 is 20.4 Å². The molecule has 0 spiro atoms. The number of aromatic nitrogens is 1. The highest BCUT2D eigenvalue weighted by molar-refractivity contribution is 5.90. The van der Waals surface area contributed by atoms with Gasteiger partial charge in [-0.1, -0.05) is 0 Å². The Bertz CT molecular complexity index is 1370. The van der Waals surface area contributed by atoms with E-state index in [1.165, 1.54) is 26.4 Å². The predicted molar refractivity (Wildman–Crippen MR) is 119 cm³/mol. The molecule has 0 atom stereocenters. The zero-order chi connectivity index (χ0) is 22.8. The van der Waals surface area contributed by atoms with Gasteiger partial charge in [-0.3, -0.25) is 4.79 Å². The van der Waals surface area contributed by atoms with E-state index in [0.29, 0.717) is 41.1 Å². The molecule has 0 fully saturated rings. The maximum Gasteiger partial charge on any atom is 0.340 e. The van der Waals surface area contributed by atoms with Crippen molar-refractivity contribution in [2.75, 3.05) is 20.8 Å². The molecule has 0 unspecified atom stereocenters. The van der Waals surface area contributed by atoms with Gasteiger partial charge in [0.1, 0.15) is 22.9 Å². The summed E-state index contributed by atoms with van der Waals surface area (Å²) in [4.78, 5) is 25.1. The molecule has 0 bridgehead atoms. The van der Waals surface area contributed by atoms with E-state index in [-0.39, 0.29) is 23.7 Å². The molecule has 8 heteroatoms. The van der Waals surface area contributed by atoms with Crippen molar-refractivity contribution in [2.24, 2.45) is 0 Å². The minimum atomic E-state index is -0.577. The van der Waals surface area contributed by atoms with Gasteiger partial charge in [-0.05, 0) is 42.1 Å². The largest absolute Gasteiger partial charge is 0.496 e. The molecule has 4 aromatic rings. The Kier molecular flexibility index (Phi) is 5.85. The van der Waals surface area contributed by atoms with Crippen LogP contribution in [0.2, 0.25) is 0 Å². The summed E-state index contributed by atoms with van der Waals surface area (Å²) in [7, 11) is 3.03. The number of amides is 1. The second kappa shape index (κ2) is 8.74. The van der Waals surface area contributed by atoms with E-state index in [9.17, 15) is 14.0 Å². The van der Waals surface area contributed by atoms with Crippen LogP contribution >= 0.6 is 0 Å². The van der Waals surface area contributed by atoms with E-state index in [4.69, 9.17) is 13.9 Å². The lowest BCUT2D eigenvalue weighted by molar-refractivity contribution is -0.120. The van der Waals surface area contributed by atoms with Gasteiger partial charge in [0, 0.05) is 31.4 Å². The molecule has 2 aromatic heterocycles. The number of carbonyl (C=O) groups excluding carboxylic acids is 1. The summed E-state index contributed by atoms with van der Waals surface area (Å²) >= 11 is 0. The molecule has 32 heavy (non-hydrogen) atoms. The molecule has 0 radical (unpaired) electrons. The number of halogens is 1. The predicted octanol–water partition coefficient (Wildman–Crippen LogP) is 3.57. The van der Waals surface area contributed by atoms with Crippen molar-refractivity contribution in [3.8, 4) is 11.5 Å². The zero-order valence-electron chi connectivity index (χ0n) is 18.0. The third kappa shape index (κ3) is 4.03. The summed E-state index contributed by atoms with van der Waals surface area (Å²) in [5, 5.41) is 4.36.